The fourth-order valence-corrected chi connectivity index (χ4v) is 1.36. The molecule has 1 unspecified atom stereocenters. The van der Waals surface area contributed by atoms with Gasteiger partial charge in [-0.3, -0.25) is 0 Å². The summed E-state index contributed by atoms with van der Waals surface area (Å²) in [4.78, 5) is 0. The van der Waals surface area contributed by atoms with Gasteiger partial charge < -0.3 is 4.74 Å². The van der Waals surface area contributed by atoms with Crippen molar-refractivity contribution in [2.24, 2.45) is 0 Å². The molecule has 76 valence electrons. The number of allylic oxidation sites excluding steroid dienone is 1. The third kappa shape index (κ3) is 2.63. The summed E-state index contributed by atoms with van der Waals surface area (Å²) in [5.74, 6) is 1.52. The van der Waals surface area contributed by atoms with Crippen LogP contribution in [-0.4, -0.2) is 0 Å². The molecule has 0 N–H and O–H groups in total. The van der Waals surface area contributed by atoms with E-state index in [1.807, 2.05) is 25.1 Å². The molecule has 0 fully saturated rings. The van der Waals surface area contributed by atoms with Crippen LogP contribution in [0, 0.1) is 0 Å². The lowest BCUT2D eigenvalue weighted by molar-refractivity contribution is 0.468. The first-order valence-electron chi connectivity index (χ1n) is 5.16. The third-order valence-corrected chi connectivity index (χ3v) is 2.39. The Morgan fingerprint density at radius 2 is 2.07 bits per heavy atom. The van der Waals surface area contributed by atoms with Gasteiger partial charge in [-0.05, 0) is 30.9 Å². The molecule has 0 radical (unpaired) electrons. The summed E-state index contributed by atoms with van der Waals surface area (Å²) in [7, 11) is 0. The first-order chi connectivity index (χ1) is 6.79. The Hall–Kier alpha value is -1.24. The molecule has 0 aliphatic heterocycles. The number of benzene rings is 1. The van der Waals surface area contributed by atoms with Crippen molar-refractivity contribution >= 4 is 0 Å². The first kappa shape index (κ1) is 10.8. The molecule has 0 saturated carbocycles. The Balaban J connectivity index is 2.90. The van der Waals surface area contributed by atoms with Gasteiger partial charge in [0.1, 0.15) is 5.75 Å². The molecule has 1 heteroatoms. The predicted octanol–water partition coefficient (Wildman–Crippen LogP) is 4.11. The van der Waals surface area contributed by atoms with Crippen LogP contribution in [0.4, 0.5) is 0 Å². The number of hydrogen-bond donors (Lipinski definition) is 0. The summed E-state index contributed by atoms with van der Waals surface area (Å²) < 4.78 is 5.53. The number of para-hydroxylation sites is 1. The molecule has 0 bridgehead atoms. The highest BCUT2D eigenvalue weighted by Crippen LogP contribution is 2.28. The Morgan fingerprint density at radius 3 is 2.71 bits per heavy atom. The highest BCUT2D eigenvalue weighted by atomic mass is 16.5. The maximum atomic E-state index is 5.53. The molecule has 0 aromatic heterocycles. The molecule has 0 heterocycles. The van der Waals surface area contributed by atoms with Crippen LogP contribution in [0.15, 0.2) is 36.6 Å². The highest BCUT2D eigenvalue weighted by Gasteiger charge is 2.08. The van der Waals surface area contributed by atoms with Crippen molar-refractivity contribution < 1.29 is 4.74 Å². The molecule has 1 aromatic rings. The molecule has 1 aromatic carbocycles. The lowest BCUT2D eigenvalue weighted by atomic mass is 9.98. The summed E-state index contributed by atoms with van der Waals surface area (Å²) in [6, 6.07) is 8.21. The van der Waals surface area contributed by atoms with E-state index in [1.54, 1.807) is 6.26 Å². The van der Waals surface area contributed by atoms with Crippen LogP contribution in [0.3, 0.4) is 0 Å². The molecule has 0 saturated heterocycles. The van der Waals surface area contributed by atoms with E-state index in [0.717, 1.165) is 12.2 Å². The largest absolute Gasteiger partial charge is 0.465 e. The second kappa shape index (κ2) is 5.48. The zero-order chi connectivity index (χ0) is 10.4. The van der Waals surface area contributed by atoms with E-state index in [2.05, 4.69) is 26.0 Å². The van der Waals surface area contributed by atoms with Crippen LogP contribution in [0.5, 0.6) is 5.75 Å². The number of ether oxygens (including phenoxy) is 1. The molecule has 14 heavy (non-hydrogen) atoms. The van der Waals surface area contributed by atoms with Gasteiger partial charge in [0.05, 0.1) is 6.26 Å². The Morgan fingerprint density at radius 1 is 1.36 bits per heavy atom. The maximum absolute atomic E-state index is 5.53. The topological polar surface area (TPSA) is 9.23 Å². The second-order valence-corrected chi connectivity index (χ2v) is 3.43. The SMILES string of the molecule is C/C=C\Oc1ccccc1C(C)CC. The molecular weight excluding hydrogens is 172 g/mol. The average Bonchev–Trinajstić information content (AvgIpc) is 2.25. The molecule has 0 spiro atoms. The summed E-state index contributed by atoms with van der Waals surface area (Å²) in [5.41, 5.74) is 1.29. The van der Waals surface area contributed by atoms with Gasteiger partial charge in [0.25, 0.3) is 0 Å². The Bertz CT molecular complexity index is 302. The van der Waals surface area contributed by atoms with Crippen molar-refractivity contribution in [3.05, 3.63) is 42.2 Å². The van der Waals surface area contributed by atoms with Crippen molar-refractivity contribution in [2.45, 2.75) is 33.1 Å². The third-order valence-electron chi connectivity index (χ3n) is 2.39. The summed E-state index contributed by atoms with van der Waals surface area (Å²) in [5, 5.41) is 0. The molecule has 1 rings (SSSR count). The van der Waals surface area contributed by atoms with Crippen LogP contribution in [0.1, 0.15) is 38.7 Å². The van der Waals surface area contributed by atoms with Gasteiger partial charge in [0.15, 0.2) is 0 Å². The molecule has 1 atom stereocenters. The summed E-state index contributed by atoms with van der Waals surface area (Å²) >= 11 is 0. The molecule has 0 aliphatic carbocycles. The van der Waals surface area contributed by atoms with Crippen LogP contribution in [0.2, 0.25) is 0 Å². The number of rotatable bonds is 4. The van der Waals surface area contributed by atoms with Gasteiger partial charge in [0.2, 0.25) is 0 Å². The summed E-state index contributed by atoms with van der Waals surface area (Å²) in [6.07, 6.45) is 4.75. The van der Waals surface area contributed by atoms with Crippen molar-refractivity contribution in [1.29, 1.82) is 0 Å². The minimum Gasteiger partial charge on any atom is -0.465 e. The Kier molecular flexibility index (Phi) is 4.24. The van der Waals surface area contributed by atoms with Crippen LogP contribution < -0.4 is 4.74 Å². The minimum atomic E-state index is 0.552. The summed E-state index contributed by atoms with van der Waals surface area (Å²) in [6.45, 7) is 6.36. The monoisotopic (exact) mass is 190 g/mol. The van der Waals surface area contributed by atoms with Crippen LogP contribution in [-0.2, 0) is 0 Å². The van der Waals surface area contributed by atoms with E-state index in [4.69, 9.17) is 4.74 Å². The standard InChI is InChI=1S/C13H18O/c1-4-10-14-13-9-7-6-8-12(13)11(3)5-2/h4,6-11H,5H2,1-3H3/b10-4-. The fraction of sp³-hybridized carbons (Fsp3) is 0.385. The zero-order valence-electron chi connectivity index (χ0n) is 9.16. The van der Waals surface area contributed by atoms with Crippen molar-refractivity contribution in [2.75, 3.05) is 0 Å². The van der Waals surface area contributed by atoms with Gasteiger partial charge in [-0.1, -0.05) is 38.1 Å². The first-order valence-corrected chi connectivity index (χ1v) is 5.16. The van der Waals surface area contributed by atoms with Crippen LogP contribution >= 0.6 is 0 Å². The minimum absolute atomic E-state index is 0.552. The van der Waals surface area contributed by atoms with E-state index < -0.39 is 0 Å². The Labute approximate surface area is 86.4 Å². The van der Waals surface area contributed by atoms with Crippen LogP contribution in [0.25, 0.3) is 0 Å². The molecule has 0 aliphatic rings. The van der Waals surface area contributed by atoms with Gasteiger partial charge in [-0.25, -0.2) is 0 Å². The lowest BCUT2D eigenvalue weighted by Gasteiger charge is -2.13. The zero-order valence-corrected chi connectivity index (χ0v) is 9.16. The smallest absolute Gasteiger partial charge is 0.129 e. The quantitative estimate of drug-likeness (QED) is 0.649. The normalized spacial score (nSPS) is 13.1. The fourth-order valence-electron chi connectivity index (χ4n) is 1.36. The second-order valence-electron chi connectivity index (χ2n) is 3.43. The van der Waals surface area contributed by atoms with Gasteiger partial charge >= 0.3 is 0 Å². The van der Waals surface area contributed by atoms with Crippen molar-refractivity contribution in [3.8, 4) is 5.75 Å². The molecular formula is C13H18O. The van der Waals surface area contributed by atoms with Gasteiger partial charge in [0, 0.05) is 0 Å². The van der Waals surface area contributed by atoms with Gasteiger partial charge in [-0.15, -0.1) is 0 Å². The van der Waals surface area contributed by atoms with Crippen molar-refractivity contribution in [1.82, 2.24) is 0 Å². The molecule has 1 nitrogen and oxygen atoms in total. The lowest BCUT2D eigenvalue weighted by Crippen LogP contribution is -1.95. The van der Waals surface area contributed by atoms with E-state index >= 15 is 0 Å². The van der Waals surface area contributed by atoms with Crippen molar-refractivity contribution in [3.63, 3.8) is 0 Å². The highest BCUT2D eigenvalue weighted by molar-refractivity contribution is 5.36. The van der Waals surface area contributed by atoms with Gasteiger partial charge in [-0.2, -0.15) is 0 Å². The molecule has 0 amide bonds. The van der Waals surface area contributed by atoms with E-state index in [0.29, 0.717) is 5.92 Å². The number of hydrogen-bond acceptors (Lipinski definition) is 1. The van der Waals surface area contributed by atoms with E-state index in [-0.39, 0.29) is 0 Å². The van der Waals surface area contributed by atoms with E-state index in [1.165, 1.54) is 5.56 Å². The predicted molar refractivity (Wildman–Crippen MR) is 60.6 cm³/mol. The van der Waals surface area contributed by atoms with E-state index in [9.17, 15) is 0 Å². The maximum Gasteiger partial charge on any atom is 0.129 e. The average molecular weight is 190 g/mol.